The lowest BCUT2D eigenvalue weighted by Gasteiger charge is -2.20. The normalized spacial score (nSPS) is 24.0. The lowest BCUT2D eigenvalue weighted by molar-refractivity contribution is 0.0429. The van der Waals surface area contributed by atoms with Crippen molar-refractivity contribution in [3.63, 3.8) is 0 Å². The maximum absolute atomic E-state index is 6.19. The minimum Gasteiger partial charge on any atom is -0.372 e. The third kappa shape index (κ3) is 10.4. The second kappa shape index (κ2) is 13.2. The SMILES string of the molecule is CCCCCC(C)NCC1CCC(CNC(C)CCCCC)O1. The highest BCUT2D eigenvalue weighted by Gasteiger charge is 2.25. The highest BCUT2D eigenvalue weighted by Crippen LogP contribution is 2.19. The predicted molar refractivity (Wildman–Crippen MR) is 101 cm³/mol. The molecule has 138 valence electrons. The van der Waals surface area contributed by atoms with Gasteiger partial charge in [0.2, 0.25) is 0 Å². The molecule has 4 atom stereocenters. The smallest absolute Gasteiger partial charge is 0.0704 e. The molecular formula is C20H42N2O. The van der Waals surface area contributed by atoms with Crippen LogP contribution in [0.1, 0.15) is 91.9 Å². The van der Waals surface area contributed by atoms with Crippen LogP contribution in [0, 0.1) is 0 Å². The first kappa shape index (κ1) is 20.9. The molecule has 0 aliphatic carbocycles. The largest absolute Gasteiger partial charge is 0.372 e. The second-order valence-electron chi connectivity index (χ2n) is 7.57. The fourth-order valence-electron chi connectivity index (χ4n) is 3.35. The Morgan fingerprint density at radius 2 is 1.22 bits per heavy atom. The molecule has 1 rings (SSSR count). The van der Waals surface area contributed by atoms with Crippen molar-refractivity contribution in [1.82, 2.24) is 10.6 Å². The van der Waals surface area contributed by atoms with E-state index in [0.29, 0.717) is 24.3 Å². The molecule has 1 heterocycles. The molecule has 1 fully saturated rings. The minimum atomic E-state index is 0.422. The van der Waals surface area contributed by atoms with Crippen molar-refractivity contribution in [3.05, 3.63) is 0 Å². The van der Waals surface area contributed by atoms with Crippen molar-refractivity contribution in [3.8, 4) is 0 Å². The monoisotopic (exact) mass is 326 g/mol. The number of ether oxygens (including phenoxy) is 1. The van der Waals surface area contributed by atoms with Gasteiger partial charge in [-0.25, -0.2) is 0 Å². The maximum Gasteiger partial charge on any atom is 0.0704 e. The summed E-state index contributed by atoms with van der Waals surface area (Å²) >= 11 is 0. The molecule has 1 aliphatic heterocycles. The molecule has 23 heavy (non-hydrogen) atoms. The molecule has 0 saturated carbocycles. The molecule has 0 amide bonds. The Morgan fingerprint density at radius 1 is 0.783 bits per heavy atom. The molecule has 0 spiro atoms. The third-order valence-corrected chi connectivity index (χ3v) is 5.06. The summed E-state index contributed by atoms with van der Waals surface area (Å²) in [7, 11) is 0. The molecule has 0 bridgehead atoms. The zero-order valence-electron chi connectivity index (χ0n) is 16.2. The van der Waals surface area contributed by atoms with Crippen LogP contribution in [-0.4, -0.2) is 37.4 Å². The molecule has 3 heteroatoms. The molecule has 0 aromatic carbocycles. The van der Waals surface area contributed by atoms with E-state index in [1.807, 2.05) is 0 Å². The standard InChI is InChI=1S/C20H42N2O/c1-5-7-9-11-17(3)21-15-19-13-14-20(23-19)16-22-18(4)12-10-8-6-2/h17-22H,5-16H2,1-4H3. The van der Waals surface area contributed by atoms with Gasteiger partial charge in [-0.1, -0.05) is 52.4 Å². The Balaban J connectivity index is 2.04. The van der Waals surface area contributed by atoms with Gasteiger partial charge in [0.1, 0.15) is 0 Å². The van der Waals surface area contributed by atoms with E-state index in [1.165, 1.54) is 64.2 Å². The van der Waals surface area contributed by atoms with Crippen molar-refractivity contribution in [2.24, 2.45) is 0 Å². The van der Waals surface area contributed by atoms with Gasteiger partial charge < -0.3 is 15.4 Å². The molecule has 1 saturated heterocycles. The predicted octanol–water partition coefficient (Wildman–Crippen LogP) is 4.65. The lowest BCUT2D eigenvalue weighted by atomic mass is 10.1. The van der Waals surface area contributed by atoms with Crippen molar-refractivity contribution in [2.75, 3.05) is 13.1 Å². The summed E-state index contributed by atoms with van der Waals surface area (Å²) in [5.41, 5.74) is 0. The summed E-state index contributed by atoms with van der Waals surface area (Å²) in [6.07, 6.45) is 13.9. The highest BCUT2D eigenvalue weighted by atomic mass is 16.5. The van der Waals surface area contributed by atoms with E-state index in [9.17, 15) is 0 Å². The van der Waals surface area contributed by atoms with Crippen molar-refractivity contribution in [1.29, 1.82) is 0 Å². The van der Waals surface area contributed by atoms with Crippen LogP contribution >= 0.6 is 0 Å². The quantitative estimate of drug-likeness (QED) is 0.456. The van der Waals surface area contributed by atoms with Crippen LogP contribution in [0.2, 0.25) is 0 Å². The molecule has 0 radical (unpaired) electrons. The minimum absolute atomic E-state index is 0.422. The van der Waals surface area contributed by atoms with E-state index in [-0.39, 0.29) is 0 Å². The van der Waals surface area contributed by atoms with E-state index in [1.54, 1.807) is 0 Å². The first-order chi connectivity index (χ1) is 11.2. The maximum atomic E-state index is 6.19. The van der Waals surface area contributed by atoms with Crippen molar-refractivity contribution < 1.29 is 4.74 Å². The summed E-state index contributed by atoms with van der Waals surface area (Å²) in [6, 6.07) is 1.25. The van der Waals surface area contributed by atoms with Crippen LogP contribution in [0.25, 0.3) is 0 Å². The highest BCUT2D eigenvalue weighted by molar-refractivity contribution is 4.79. The summed E-state index contributed by atoms with van der Waals surface area (Å²) < 4.78 is 6.19. The first-order valence-corrected chi connectivity index (χ1v) is 10.3. The average molecular weight is 327 g/mol. The molecule has 4 unspecified atom stereocenters. The van der Waals surface area contributed by atoms with Gasteiger partial charge in [0.25, 0.3) is 0 Å². The van der Waals surface area contributed by atoms with E-state index in [0.717, 1.165) is 13.1 Å². The van der Waals surface area contributed by atoms with E-state index < -0.39 is 0 Å². The lowest BCUT2D eigenvalue weighted by Crippen LogP contribution is -2.36. The van der Waals surface area contributed by atoms with Gasteiger partial charge in [0.15, 0.2) is 0 Å². The Hall–Kier alpha value is -0.120. The van der Waals surface area contributed by atoms with Gasteiger partial charge >= 0.3 is 0 Å². The van der Waals surface area contributed by atoms with Crippen molar-refractivity contribution >= 4 is 0 Å². The Bertz CT molecular complexity index is 246. The third-order valence-electron chi connectivity index (χ3n) is 5.06. The zero-order chi connectivity index (χ0) is 16.9. The number of hydrogen-bond donors (Lipinski definition) is 2. The summed E-state index contributed by atoms with van der Waals surface area (Å²) in [6.45, 7) is 11.2. The van der Waals surface area contributed by atoms with Crippen LogP contribution < -0.4 is 10.6 Å². The van der Waals surface area contributed by atoms with Gasteiger partial charge in [-0.2, -0.15) is 0 Å². The van der Waals surface area contributed by atoms with Crippen LogP contribution in [0.15, 0.2) is 0 Å². The van der Waals surface area contributed by atoms with Gasteiger partial charge in [-0.15, -0.1) is 0 Å². The number of hydrogen-bond acceptors (Lipinski definition) is 3. The molecule has 2 N–H and O–H groups in total. The first-order valence-electron chi connectivity index (χ1n) is 10.3. The number of unbranched alkanes of at least 4 members (excludes halogenated alkanes) is 4. The Labute approximate surface area is 145 Å². The Morgan fingerprint density at radius 3 is 1.61 bits per heavy atom. The molecule has 0 aromatic heterocycles. The molecule has 3 nitrogen and oxygen atoms in total. The van der Waals surface area contributed by atoms with E-state index in [2.05, 4.69) is 38.3 Å². The van der Waals surface area contributed by atoms with Crippen LogP contribution in [-0.2, 0) is 4.74 Å². The van der Waals surface area contributed by atoms with Gasteiger partial charge in [0.05, 0.1) is 12.2 Å². The Kier molecular flexibility index (Phi) is 12.0. The number of nitrogens with one attached hydrogen (secondary N) is 2. The summed E-state index contributed by atoms with van der Waals surface area (Å²) in [5, 5.41) is 7.32. The fourth-order valence-corrected chi connectivity index (χ4v) is 3.35. The van der Waals surface area contributed by atoms with Crippen LogP contribution in [0.5, 0.6) is 0 Å². The topological polar surface area (TPSA) is 33.3 Å². The zero-order valence-corrected chi connectivity index (χ0v) is 16.2. The molecule has 0 aromatic rings. The summed E-state index contributed by atoms with van der Waals surface area (Å²) in [4.78, 5) is 0. The molecular weight excluding hydrogens is 284 g/mol. The van der Waals surface area contributed by atoms with Gasteiger partial charge in [0, 0.05) is 25.2 Å². The van der Waals surface area contributed by atoms with E-state index >= 15 is 0 Å². The second-order valence-corrected chi connectivity index (χ2v) is 7.57. The van der Waals surface area contributed by atoms with Gasteiger partial charge in [-0.3, -0.25) is 0 Å². The van der Waals surface area contributed by atoms with Crippen LogP contribution in [0.3, 0.4) is 0 Å². The molecule has 1 aliphatic rings. The average Bonchev–Trinajstić information content (AvgIpc) is 2.99. The fraction of sp³-hybridized carbons (Fsp3) is 1.00. The summed E-state index contributed by atoms with van der Waals surface area (Å²) in [5.74, 6) is 0. The number of rotatable bonds is 14. The van der Waals surface area contributed by atoms with Crippen molar-refractivity contribution in [2.45, 2.75) is 116 Å². The van der Waals surface area contributed by atoms with Gasteiger partial charge in [-0.05, 0) is 39.5 Å². The van der Waals surface area contributed by atoms with Crippen LogP contribution in [0.4, 0.5) is 0 Å². The van der Waals surface area contributed by atoms with E-state index in [4.69, 9.17) is 4.74 Å².